The monoisotopic (exact) mass is 313 g/mol. The van der Waals surface area contributed by atoms with Gasteiger partial charge in [0, 0.05) is 10.9 Å². The van der Waals surface area contributed by atoms with Gasteiger partial charge in [-0.3, -0.25) is 5.43 Å². The van der Waals surface area contributed by atoms with Crippen molar-refractivity contribution < 1.29 is 4.39 Å². The molecule has 0 bridgehead atoms. The zero-order valence-electron chi connectivity index (χ0n) is 11.8. The number of pyridine rings is 1. The highest BCUT2D eigenvalue weighted by atomic mass is 35.5. The van der Waals surface area contributed by atoms with Crippen molar-refractivity contribution in [3.8, 4) is 0 Å². The minimum atomic E-state index is -0.286. The highest BCUT2D eigenvalue weighted by molar-refractivity contribution is 6.32. The number of hydrogen-bond donors (Lipinski definition) is 1. The number of halogens is 2. The molecule has 3 nitrogen and oxygen atoms in total. The minimum Gasteiger partial charge on any atom is -0.278 e. The Morgan fingerprint density at radius 2 is 1.91 bits per heavy atom. The van der Waals surface area contributed by atoms with E-state index in [0.29, 0.717) is 16.4 Å². The lowest BCUT2D eigenvalue weighted by molar-refractivity contribution is 0.628. The lowest BCUT2D eigenvalue weighted by Crippen LogP contribution is -1.93. The summed E-state index contributed by atoms with van der Waals surface area (Å²) in [5.74, 6) is -0.286. The van der Waals surface area contributed by atoms with Gasteiger partial charge in [-0.15, -0.1) is 0 Å². The van der Waals surface area contributed by atoms with E-state index in [2.05, 4.69) is 15.5 Å². The number of nitrogens with one attached hydrogen (secondary N) is 1. The Balaban J connectivity index is 1.83. The van der Waals surface area contributed by atoms with Gasteiger partial charge in [-0.25, -0.2) is 9.37 Å². The van der Waals surface area contributed by atoms with E-state index in [1.807, 2.05) is 31.2 Å². The van der Waals surface area contributed by atoms with Crippen LogP contribution >= 0.6 is 11.6 Å². The zero-order valence-corrected chi connectivity index (χ0v) is 12.6. The van der Waals surface area contributed by atoms with Crippen LogP contribution in [0.25, 0.3) is 10.9 Å². The van der Waals surface area contributed by atoms with Crippen LogP contribution in [0.3, 0.4) is 0 Å². The van der Waals surface area contributed by atoms with Crippen LogP contribution in [0.4, 0.5) is 10.1 Å². The van der Waals surface area contributed by atoms with E-state index < -0.39 is 0 Å². The largest absolute Gasteiger partial charge is 0.278 e. The molecule has 0 atom stereocenters. The fourth-order valence-electron chi connectivity index (χ4n) is 2.06. The predicted molar refractivity (Wildman–Crippen MR) is 89.1 cm³/mol. The molecule has 0 radical (unpaired) electrons. The van der Waals surface area contributed by atoms with Crippen LogP contribution in [0.5, 0.6) is 0 Å². The van der Waals surface area contributed by atoms with Gasteiger partial charge in [0.2, 0.25) is 0 Å². The fourth-order valence-corrected chi connectivity index (χ4v) is 2.26. The number of hydrazone groups is 1. The van der Waals surface area contributed by atoms with E-state index in [9.17, 15) is 4.39 Å². The van der Waals surface area contributed by atoms with Crippen molar-refractivity contribution in [1.82, 2.24) is 4.98 Å². The summed E-state index contributed by atoms with van der Waals surface area (Å²) in [4.78, 5) is 4.37. The van der Waals surface area contributed by atoms with Gasteiger partial charge in [0.25, 0.3) is 0 Å². The summed E-state index contributed by atoms with van der Waals surface area (Å²) in [7, 11) is 0. The van der Waals surface area contributed by atoms with Crippen molar-refractivity contribution in [2.24, 2.45) is 5.10 Å². The molecule has 1 heterocycles. The van der Waals surface area contributed by atoms with E-state index in [0.717, 1.165) is 16.5 Å². The van der Waals surface area contributed by atoms with Gasteiger partial charge in [0.15, 0.2) is 0 Å². The topological polar surface area (TPSA) is 37.3 Å². The van der Waals surface area contributed by atoms with Crippen molar-refractivity contribution in [2.45, 2.75) is 6.92 Å². The van der Waals surface area contributed by atoms with Crippen LogP contribution in [0, 0.1) is 12.7 Å². The second-order valence-electron chi connectivity index (χ2n) is 4.94. The van der Waals surface area contributed by atoms with Crippen LogP contribution in [-0.2, 0) is 0 Å². The maximum Gasteiger partial charge on any atom is 0.138 e. The van der Waals surface area contributed by atoms with Crippen LogP contribution in [0.15, 0.2) is 53.6 Å². The average Bonchev–Trinajstić information content (AvgIpc) is 2.50. The van der Waals surface area contributed by atoms with Gasteiger partial charge in [-0.1, -0.05) is 23.7 Å². The predicted octanol–water partition coefficient (Wildman–Crippen LogP) is 4.78. The smallest absolute Gasteiger partial charge is 0.138 e. The molecule has 0 saturated carbocycles. The van der Waals surface area contributed by atoms with Gasteiger partial charge < -0.3 is 0 Å². The molecular weight excluding hydrogens is 301 g/mol. The molecule has 22 heavy (non-hydrogen) atoms. The number of hydrogen-bond acceptors (Lipinski definition) is 3. The van der Waals surface area contributed by atoms with E-state index in [1.54, 1.807) is 18.3 Å². The molecule has 0 unspecified atom stereocenters. The van der Waals surface area contributed by atoms with E-state index in [-0.39, 0.29) is 5.82 Å². The molecule has 0 aliphatic carbocycles. The van der Waals surface area contributed by atoms with Gasteiger partial charge >= 0.3 is 0 Å². The summed E-state index contributed by atoms with van der Waals surface area (Å²) in [6.45, 7) is 2.01. The van der Waals surface area contributed by atoms with Crippen LogP contribution in [0.2, 0.25) is 5.15 Å². The van der Waals surface area contributed by atoms with Gasteiger partial charge in [-0.2, -0.15) is 5.10 Å². The number of benzene rings is 2. The number of nitrogens with zero attached hydrogens (tertiary/aromatic N) is 2. The minimum absolute atomic E-state index is 0.286. The number of aryl methyl sites for hydroxylation is 1. The molecule has 0 aliphatic heterocycles. The average molecular weight is 314 g/mol. The second kappa shape index (κ2) is 6.12. The Morgan fingerprint density at radius 3 is 2.68 bits per heavy atom. The number of anilines is 1. The van der Waals surface area contributed by atoms with Crippen molar-refractivity contribution in [2.75, 3.05) is 5.43 Å². The fraction of sp³-hybridized carbons (Fsp3) is 0.0588. The van der Waals surface area contributed by atoms with E-state index >= 15 is 0 Å². The third-order valence-corrected chi connectivity index (χ3v) is 3.50. The molecular formula is C17H13ClFN3. The van der Waals surface area contributed by atoms with Crippen molar-refractivity contribution >= 4 is 34.4 Å². The molecule has 0 amide bonds. The first-order chi connectivity index (χ1) is 10.6. The highest BCUT2D eigenvalue weighted by Crippen LogP contribution is 2.20. The standard InChI is InChI=1S/C17H13ClFN3/c1-11-2-3-12-9-13(17(18)21-16(12)8-11)10-20-22-15-6-4-14(19)5-7-15/h2-10,22H,1H3/b20-10-. The first kappa shape index (κ1) is 14.5. The Bertz CT molecular complexity index is 844. The maximum atomic E-state index is 12.8. The molecule has 2 aromatic carbocycles. The molecule has 1 N–H and O–H groups in total. The Hall–Kier alpha value is -2.46. The SMILES string of the molecule is Cc1ccc2cc(/C=N\Nc3ccc(F)cc3)c(Cl)nc2c1. The molecule has 1 aromatic heterocycles. The first-order valence-corrected chi connectivity index (χ1v) is 7.11. The third kappa shape index (κ3) is 3.23. The van der Waals surface area contributed by atoms with E-state index in [1.165, 1.54) is 12.1 Å². The summed E-state index contributed by atoms with van der Waals surface area (Å²) >= 11 is 6.18. The molecule has 3 aromatic rings. The lowest BCUT2D eigenvalue weighted by Gasteiger charge is -2.03. The molecule has 3 rings (SSSR count). The molecule has 0 saturated heterocycles. The van der Waals surface area contributed by atoms with Gasteiger partial charge in [0.1, 0.15) is 11.0 Å². The first-order valence-electron chi connectivity index (χ1n) is 6.73. The van der Waals surface area contributed by atoms with Gasteiger partial charge in [0.05, 0.1) is 17.4 Å². The molecule has 0 fully saturated rings. The summed E-state index contributed by atoms with van der Waals surface area (Å²) in [5.41, 5.74) is 6.22. The second-order valence-corrected chi connectivity index (χ2v) is 5.30. The van der Waals surface area contributed by atoms with Crippen LogP contribution < -0.4 is 5.43 Å². The summed E-state index contributed by atoms with van der Waals surface area (Å²) in [5, 5.41) is 5.49. The quantitative estimate of drug-likeness (QED) is 0.429. The van der Waals surface area contributed by atoms with Crippen molar-refractivity contribution in [3.63, 3.8) is 0 Å². The Kier molecular flexibility index (Phi) is 4.02. The lowest BCUT2D eigenvalue weighted by atomic mass is 10.1. The van der Waals surface area contributed by atoms with Gasteiger partial charge in [-0.05, 0) is 48.9 Å². The van der Waals surface area contributed by atoms with Crippen molar-refractivity contribution in [3.05, 3.63) is 70.6 Å². The molecule has 5 heteroatoms. The zero-order chi connectivity index (χ0) is 15.5. The summed E-state index contributed by atoms with van der Waals surface area (Å²) < 4.78 is 12.8. The molecule has 0 spiro atoms. The van der Waals surface area contributed by atoms with Crippen LogP contribution in [0.1, 0.15) is 11.1 Å². The summed E-state index contributed by atoms with van der Waals surface area (Å²) in [6.07, 6.45) is 1.60. The number of fused-ring (bicyclic) bond motifs is 1. The van der Waals surface area contributed by atoms with Crippen molar-refractivity contribution in [1.29, 1.82) is 0 Å². The highest BCUT2D eigenvalue weighted by Gasteiger charge is 2.03. The molecule has 110 valence electrons. The summed E-state index contributed by atoms with van der Waals surface area (Å²) in [6, 6.07) is 13.9. The number of aromatic nitrogens is 1. The molecule has 0 aliphatic rings. The third-order valence-electron chi connectivity index (χ3n) is 3.20. The maximum absolute atomic E-state index is 12.8. The number of rotatable bonds is 3. The van der Waals surface area contributed by atoms with E-state index in [4.69, 9.17) is 11.6 Å². The Labute approximate surface area is 132 Å². The van der Waals surface area contributed by atoms with Crippen LogP contribution in [-0.4, -0.2) is 11.2 Å². The Morgan fingerprint density at radius 1 is 1.14 bits per heavy atom. The normalized spacial score (nSPS) is 11.2.